The van der Waals surface area contributed by atoms with Crippen LogP contribution in [0.25, 0.3) is 0 Å². The van der Waals surface area contributed by atoms with Crippen LogP contribution in [0, 0.1) is 0 Å². The number of rotatable bonds is 10. The van der Waals surface area contributed by atoms with Crippen LogP contribution in [-0.2, 0) is 19.1 Å². The molecule has 0 aromatic rings. The standard InChI is InChI=1S/C15H24O7/c1-2-3-4-5-6-7-8-9(16)10(17)11(18)14-12(19)13(20)15(21)22-14/h9-10,13-14,16-17,20H,2-8H2,1H3/t9?,10?,13?,14-/m1/s1. The summed E-state index contributed by atoms with van der Waals surface area (Å²) in [6.07, 6.45) is -0.759. The molecule has 0 aromatic carbocycles. The highest BCUT2D eigenvalue weighted by molar-refractivity contribution is 6.19. The van der Waals surface area contributed by atoms with Gasteiger partial charge in [0.1, 0.15) is 6.10 Å². The lowest BCUT2D eigenvalue weighted by Crippen LogP contribution is -2.43. The molecule has 1 heterocycles. The number of hydrogen-bond acceptors (Lipinski definition) is 7. The Labute approximate surface area is 129 Å². The Kier molecular flexibility index (Phi) is 7.64. The lowest BCUT2D eigenvalue weighted by Gasteiger charge is -2.18. The van der Waals surface area contributed by atoms with Crippen LogP contribution >= 0.6 is 0 Å². The quantitative estimate of drug-likeness (QED) is 0.292. The van der Waals surface area contributed by atoms with Gasteiger partial charge in [0.05, 0.1) is 6.10 Å². The summed E-state index contributed by atoms with van der Waals surface area (Å²) in [6.45, 7) is 2.11. The maximum Gasteiger partial charge on any atom is 0.344 e. The molecule has 7 nitrogen and oxygen atoms in total. The number of ether oxygens (including phenoxy) is 1. The van der Waals surface area contributed by atoms with Crippen LogP contribution in [0.2, 0.25) is 0 Å². The SMILES string of the molecule is CCCCCCCCC(O)C(O)C(=O)[C@H]1OC(=O)C(O)C1=O. The van der Waals surface area contributed by atoms with Gasteiger partial charge in [-0.25, -0.2) is 4.79 Å². The molecule has 3 N–H and O–H groups in total. The normalized spacial score (nSPS) is 24.2. The molecular weight excluding hydrogens is 292 g/mol. The van der Waals surface area contributed by atoms with Gasteiger partial charge in [-0.3, -0.25) is 9.59 Å². The number of carbonyl (C=O) groups excluding carboxylic acids is 3. The Hall–Kier alpha value is -1.31. The van der Waals surface area contributed by atoms with Crippen molar-refractivity contribution in [1.82, 2.24) is 0 Å². The summed E-state index contributed by atoms with van der Waals surface area (Å²) in [4.78, 5) is 34.3. The van der Waals surface area contributed by atoms with Crippen LogP contribution in [-0.4, -0.2) is 57.3 Å². The van der Waals surface area contributed by atoms with Crippen LogP contribution < -0.4 is 0 Å². The summed E-state index contributed by atoms with van der Waals surface area (Å²) in [5.41, 5.74) is 0. The van der Waals surface area contributed by atoms with Gasteiger partial charge in [0.15, 0.2) is 0 Å². The van der Waals surface area contributed by atoms with Gasteiger partial charge in [-0.1, -0.05) is 45.4 Å². The summed E-state index contributed by atoms with van der Waals surface area (Å²) in [7, 11) is 0. The van der Waals surface area contributed by atoms with Crippen molar-refractivity contribution >= 4 is 17.5 Å². The number of cyclic esters (lactones) is 1. The summed E-state index contributed by atoms with van der Waals surface area (Å²) in [5, 5.41) is 28.7. The number of aliphatic hydroxyl groups excluding tert-OH is 3. The fraction of sp³-hybridized carbons (Fsp3) is 0.800. The van der Waals surface area contributed by atoms with Crippen molar-refractivity contribution in [2.24, 2.45) is 0 Å². The van der Waals surface area contributed by atoms with Crippen molar-refractivity contribution in [3.63, 3.8) is 0 Å². The van der Waals surface area contributed by atoms with E-state index in [1.165, 1.54) is 0 Å². The van der Waals surface area contributed by atoms with E-state index in [0.717, 1.165) is 32.1 Å². The van der Waals surface area contributed by atoms with Crippen molar-refractivity contribution < 1.29 is 34.4 Å². The Morgan fingerprint density at radius 1 is 1.14 bits per heavy atom. The average molecular weight is 316 g/mol. The predicted molar refractivity (Wildman–Crippen MR) is 75.9 cm³/mol. The van der Waals surface area contributed by atoms with Gasteiger partial charge >= 0.3 is 5.97 Å². The van der Waals surface area contributed by atoms with Gasteiger partial charge in [0.2, 0.25) is 23.8 Å². The second-order valence-electron chi connectivity index (χ2n) is 5.59. The van der Waals surface area contributed by atoms with Crippen molar-refractivity contribution in [1.29, 1.82) is 0 Å². The molecule has 0 bridgehead atoms. The van der Waals surface area contributed by atoms with E-state index in [4.69, 9.17) is 5.11 Å². The zero-order valence-corrected chi connectivity index (χ0v) is 12.7. The Morgan fingerprint density at radius 2 is 1.73 bits per heavy atom. The molecule has 4 atom stereocenters. The van der Waals surface area contributed by atoms with E-state index in [9.17, 15) is 24.6 Å². The number of carbonyl (C=O) groups is 3. The van der Waals surface area contributed by atoms with E-state index >= 15 is 0 Å². The molecule has 1 rings (SSSR count). The lowest BCUT2D eigenvalue weighted by atomic mass is 9.97. The fourth-order valence-corrected chi connectivity index (χ4v) is 2.33. The Morgan fingerprint density at radius 3 is 2.27 bits per heavy atom. The molecule has 0 amide bonds. The number of ketones is 2. The smallest absolute Gasteiger partial charge is 0.344 e. The van der Waals surface area contributed by atoms with E-state index < -0.39 is 42.0 Å². The zero-order valence-electron chi connectivity index (χ0n) is 12.7. The maximum atomic E-state index is 11.8. The zero-order chi connectivity index (χ0) is 16.7. The minimum atomic E-state index is -1.99. The highest BCUT2D eigenvalue weighted by Gasteiger charge is 2.48. The van der Waals surface area contributed by atoms with Gasteiger partial charge in [-0.05, 0) is 6.42 Å². The van der Waals surface area contributed by atoms with Gasteiger partial charge in [0.25, 0.3) is 0 Å². The topological polar surface area (TPSA) is 121 Å². The molecule has 0 aliphatic carbocycles. The fourth-order valence-electron chi connectivity index (χ4n) is 2.33. The number of aliphatic hydroxyl groups is 3. The monoisotopic (exact) mass is 316 g/mol. The minimum absolute atomic E-state index is 0.219. The first-order valence-corrected chi connectivity index (χ1v) is 7.72. The molecule has 7 heteroatoms. The van der Waals surface area contributed by atoms with E-state index in [1.807, 2.05) is 0 Å². The Bertz CT molecular complexity index is 407. The molecule has 0 saturated carbocycles. The highest BCUT2D eigenvalue weighted by atomic mass is 16.6. The summed E-state index contributed by atoms with van der Waals surface area (Å²) < 4.78 is 4.43. The van der Waals surface area contributed by atoms with Crippen LogP contribution in [0.1, 0.15) is 51.9 Å². The summed E-state index contributed by atoms with van der Waals surface area (Å²) in [5.74, 6) is -3.39. The first-order valence-electron chi connectivity index (χ1n) is 7.72. The van der Waals surface area contributed by atoms with Crippen molar-refractivity contribution in [3.8, 4) is 0 Å². The third-order valence-electron chi connectivity index (χ3n) is 3.75. The number of esters is 1. The minimum Gasteiger partial charge on any atom is -0.444 e. The molecule has 0 aromatic heterocycles. The highest BCUT2D eigenvalue weighted by Crippen LogP contribution is 2.17. The second kappa shape index (κ2) is 8.97. The second-order valence-corrected chi connectivity index (χ2v) is 5.59. The molecule has 22 heavy (non-hydrogen) atoms. The van der Waals surface area contributed by atoms with E-state index in [-0.39, 0.29) is 6.42 Å². The summed E-state index contributed by atoms with van der Waals surface area (Å²) >= 11 is 0. The number of hydrogen-bond donors (Lipinski definition) is 3. The summed E-state index contributed by atoms with van der Waals surface area (Å²) in [6, 6.07) is 0. The number of unbranched alkanes of at least 4 members (excludes halogenated alkanes) is 5. The Balaban J connectivity index is 2.36. The van der Waals surface area contributed by atoms with E-state index in [2.05, 4.69) is 11.7 Å². The number of Topliss-reactive ketones (excluding diaryl/α,β-unsaturated/α-hetero) is 2. The molecule has 1 saturated heterocycles. The molecular formula is C15H24O7. The van der Waals surface area contributed by atoms with E-state index in [0.29, 0.717) is 6.42 Å². The molecule has 1 aliphatic heterocycles. The maximum absolute atomic E-state index is 11.8. The molecule has 0 spiro atoms. The molecule has 3 unspecified atom stereocenters. The molecule has 1 aliphatic rings. The van der Waals surface area contributed by atoms with Crippen LogP contribution in [0.4, 0.5) is 0 Å². The largest absolute Gasteiger partial charge is 0.444 e. The van der Waals surface area contributed by atoms with E-state index in [1.54, 1.807) is 0 Å². The van der Waals surface area contributed by atoms with Crippen LogP contribution in [0.15, 0.2) is 0 Å². The van der Waals surface area contributed by atoms with Crippen LogP contribution in [0.3, 0.4) is 0 Å². The van der Waals surface area contributed by atoms with Crippen LogP contribution in [0.5, 0.6) is 0 Å². The van der Waals surface area contributed by atoms with Crippen molar-refractivity contribution in [2.75, 3.05) is 0 Å². The third-order valence-corrected chi connectivity index (χ3v) is 3.75. The lowest BCUT2D eigenvalue weighted by molar-refractivity contribution is -0.156. The van der Waals surface area contributed by atoms with Crippen molar-refractivity contribution in [2.45, 2.75) is 76.3 Å². The third kappa shape index (κ3) is 4.86. The first kappa shape index (κ1) is 18.7. The molecule has 126 valence electrons. The average Bonchev–Trinajstić information content (AvgIpc) is 2.76. The van der Waals surface area contributed by atoms with Gasteiger partial charge in [0, 0.05) is 0 Å². The van der Waals surface area contributed by atoms with Gasteiger partial charge in [-0.15, -0.1) is 0 Å². The molecule has 1 fully saturated rings. The first-order chi connectivity index (χ1) is 10.4. The van der Waals surface area contributed by atoms with Crippen molar-refractivity contribution in [3.05, 3.63) is 0 Å². The van der Waals surface area contributed by atoms with Gasteiger partial charge < -0.3 is 20.1 Å². The molecule has 0 radical (unpaired) electrons. The van der Waals surface area contributed by atoms with Gasteiger partial charge in [-0.2, -0.15) is 0 Å². The predicted octanol–water partition coefficient (Wildman–Crippen LogP) is -0.117.